The van der Waals surface area contributed by atoms with Crippen LogP contribution in [-0.4, -0.2) is 26.1 Å². The fraction of sp³-hybridized carbons (Fsp3) is 0.118. The minimum Gasteiger partial charge on any atom is -0.342 e. The Morgan fingerprint density at radius 1 is 1.17 bits per heavy atom. The van der Waals surface area contributed by atoms with E-state index in [1.165, 1.54) is 0 Å². The van der Waals surface area contributed by atoms with Gasteiger partial charge in [-0.2, -0.15) is 5.10 Å². The first-order valence-electron chi connectivity index (χ1n) is 7.35. The second kappa shape index (κ2) is 5.24. The summed E-state index contributed by atoms with van der Waals surface area (Å²) < 4.78 is 0. The molecule has 0 unspecified atom stereocenters. The molecule has 1 amide bonds. The SMILES string of the molecule is Cc1nc2ccc(CC(=O)Nc3ccc4cn[nH]c4c3)cc2[nH]1. The van der Waals surface area contributed by atoms with Gasteiger partial charge < -0.3 is 10.3 Å². The van der Waals surface area contributed by atoms with E-state index in [1.54, 1.807) is 6.20 Å². The fourth-order valence-corrected chi connectivity index (χ4v) is 2.70. The van der Waals surface area contributed by atoms with Gasteiger partial charge in [0.15, 0.2) is 0 Å². The fourth-order valence-electron chi connectivity index (χ4n) is 2.70. The molecule has 0 aliphatic heterocycles. The standard InChI is InChI=1S/C17H15N5O/c1-10-19-14-5-2-11(6-16(14)20-10)7-17(23)21-13-4-3-12-9-18-22-15(12)8-13/h2-6,8-9H,7H2,1H3,(H,18,22)(H,19,20)(H,21,23). The van der Waals surface area contributed by atoms with Gasteiger partial charge in [-0.25, -0.2) is 4.98 Å². The van der Waals surface area contributed by atoms with Crippen LogP contribution in [0.2, 0.25) is 0 Å². The summed E-state index contributed by atoms with van der Waals surface area (Å²) in [4.78, 5) is 19.8. The van der Waals surface area contributed by atoms with Crippen molar-refractivity contribution in [2.45, 2.75) is 13.3 Å². The van der Waals surface area contributed by atoms with E-state index in [0.717, 1.165) is 39.0 Å². The first-order valence-corrected chi connectivity index (χ1v) is 7.35. The average Bonchev–Trinajstić information content (AvgIpc) is 3.11. The average molecular weight is 305 g/mol. The first kappa shape index (κ1) is 13.5. The maximum Gasteiger partial charge on any atom is 0.228 e. The second-order valence-corrected chi connectivity index (χ2v) is 5.57. The molecule has 2 aromatic carbocycles. The third-order valence-electron chi connectivity index (χ3n) is 3.76. The van der Waals surface area contributed by atoms with Crippen LogP contribution in [0.1, 0.15) is 11.4 Å². The Morgan fingerprint density at radius 3 is 3.00 bits per heavy atom. The Kier molecular flexibility index (Phi) is 3.08. The lowest BCUT2D eigenvalue weighted by molar-refractivity contribution is -0.115. The molecule has 23 heavy (non-hydrogen) atoms. The monoisotopic (exact) mass is 305 g/mol. The molecule has 0 fully saturated rings. The number of amides is 1. The minimum absolute atomic E-state index is 0.0561. The van der Waals surface area contributed by atoms with E-state index in [2.05, 4.69) is 25.5 Å². The van der Waals surface area contributed by atoms with Crippen molar-refractivity contribution in [2.75, 3.05) is 5.32 Å². The van der Waals surface area contributed by atoms with Crippen LogP contribution in [0.3, 0.4) is 0 Å². The molecule has 0 spiro atoms. The van der Waals surface area contributed by atoms with Crippen molar-refractivity contribution in [3.63, 3.8) is 0 Å². The van der Waals surface area contributed by atoms with Crippen LogP contribution in [0, 0.1) is 6.92 Å². The number of carbonyl (C=O) groups excluding carboxylic acids is 1. The number of imidazole rings is 1. The zero-order valence-corrected chi connectivity index (χ0v) is 12.6. The number of aryl methyl sites for hydroxylation is 1. The number of aromatic amines is 2. The summed E-state index contributed by atoms with van der Waals surface area (Å²) in [6.45, 7) is 1.91. The van der Waals surface area contributed by atoms with Crippen molar-refractivity contribution in [1.29, 1.82) is 0 Å². The van der Waals surface area contributed by atoms with Crippen LogP contribution >= 0.6 is 0 Å². The number of nitrogens with one attached hydrogen (secondary N) is 3. The molecule has 0 aliphatic carbocycles. The molecule has 6 nitrogen and oxygen atoms in total. The number of hydrogen-bond donors (Lipinski definition) is 3. The predicted octanol–water partition coefficient (Wildman–Crippen LogP) is 2.93. The lowest BCUT2D eigenvalue weighted by atomic mass is 10.1. The number of rotatable bonds is 3. The molecule has 0 saturated carbocycles. The van der Waals surface area contributed by atoms with E-state index in [0.29, 0.717) is 6.42 Å². The molecule has 4 rings (SSSR count). The van der Waals surface area contributed by atoms with Crippen molar-refractivity contribution in [3.05, 3.63) is 54.0 Å². The van der Waals surface area contributed by atoms with Crippen LogP contribution < -0.4 is 5.32 Å². The van der Waals surface area contributed by atoms with Gasteiger partial charge in [-0.1, -0.05) is 6.07 Å². The number of anilines is 1. The highest BCUT2D eigenvalue weighted by atomic mass is 16.1. The Bertz CT molecular complexity index is 1010. The van der Waals surface area contributed by atoms with E-state index in [4.69, 9.17) is 0 Å². The molecule has 0 atom stereocenters. The first-order chi connectivity index (χ1) is 11.2. The van der Waals surface area contributed by atoms with Crippen molar-refractivity contribution in [2.24, 2.45) is 0 Å². The molecule has 114 valence electrons. The summed E-state index contributed by atoms with van der Waals surface area (Å²) in [6.07, 6.45) is 2.07. The molecule has 0 bridgehead atoms. The largest absolute Gasteiger partial charge is 0.342 e. The lowest BCUT2D eigenvalue weighted by Crippen LogP contribution is -2.14. The summed E-state index contributed by atoms with van der Waals surface area (Å²) in [5.41, 5.74) is 4.46. The van der Waals surface area contributed by atoms with Crippen molar-refractivity contribution >= 4 is 33.5 Å². The van der Waals surface area contributed by atoms with Crippen LogP contribution in [0.4, 0.5) is 5.69 Å². The molecule has 6 heteroatoms. The number of hydrogen-bond acceptors (Lipinski definition) is 3. The molecule has 2 heterocycles. The van der Waals surface area contributed by atoms with Crippen molar-refractivity contribution in [1.82, 2.24) is 20.2 Å². The van der Waals surface area contributed by atoms with E-state index >= 15 is 0 Å². The van der Waals surface area contributed by atoms with Gasteiger partial charge in [0.25, 0.3) is 0 Å². The summed E-state index contributed by atoms with van der Waals surface area (Å²) in [5, 5.41) is 10.8. The summed E-state index contributed by atoms with van der Waals surface area (Å²) in [5.74, 6) is 0.814. The van der Waals surface area contributed by atoms with E-state index in [1.807, 2.05) is 43.3 Å². The van der Waals surface area contributed by atoms with Gasteiger partial charge in [0.2, 0.25) is 5.91 Å². The number of aromatic nitrogens is 4. The smallest absolute Gasteiger partial charge is 0.228 e. The third kappa shape index (κ3) is 2.66. The van der Waals surface area contributed by atoms with E-state index < -0.39 is 0 Å². The van der Waals surface area contributed by atoms with Gasteiger partial charge in [-0.3, -0.25) is 9.89 Å². The topological polar surface area (TPSA) is 86.5 Å². The number of nitrogens with zero attached hydrogens (tertiary/aromatic N) is 2. The zero-order chi connectivity index (χ0) is 15.8. The highest BCUT2D eigenvalue weighted by Gasteiger charge is 2.07. The van der Waals surface area contributed by atoms with Crippen molar-refractivity contribution in [3.8, 4) is 0 Å². The van der Waals surface area contributed by atoms with Crippen LogP contribution in [0.5, 0.6) is 0 Å². The minimum atomic E-state index is -0.0561. The van der Waals surface area contributed by atoms with Gasteiger partial charge >= 0.3 is 0 Å². The molecular formula is C17H15N5O. The predicted molar refractivity (Wildman–Crippen MR) is 89.3 cm³/mol. The Hall–Kier alpha value is -3.15. The molecular weight excluding hydrogens is 290 g/mol. The second-order valence-electron chi connectivity index (χ2n) is 5.57. The quantitative estimate of drug-likeness (QED) is 0.544. The lowest BCUT2D eigenvalue weighted by Gasteiger charge is -2.05. The summed E-state index contributed by atoms with van der Waals surface area (Å²) in [6, 6.07) is 11.5. The summed E-state index contributed by atoms with van der Waals surface area (Å²) >= 11 is 0. The Labute approximate surface area is 131 Å². The van der Waals surface area contributed by atoms with Gasteiger partial charge in [0.1, 0.15) is 5.82 Å². The maximum absolute atomic E-state index is 12.2. The molecule has 0 aliphatic rings. The molecule has 0 saturated heterocycles. The molecule has 3 N–H and O–H groups in total. The number of fused-ring (bicyclic) bond motifs is 2. The highest BCUT2D eigenvalue weighted by Crippen LogP contribution is 2.18. The number of benzene rings is 2. The maximum atomic E-state index is 12.2. The molecule has 0 radical (unpaired) electrons. The summed E-state index contributed by atoms with van der Waals surface area (Å²) in [7, 11) is 0. The van der Waals surface area contributed by atoms with Gasteiger partial charge in [-0.05, 0) is 42.8 Å². The van der Waals surface area contributed by atoms with E-state index in [9.17, 15) is 4.79 Å². The van der Waals surface area contributed by atoms with Crippen LogP contribution in [0.25, 0.3) is 21.9 Å². The Morgan fingerprint density at radius 2 is 2.09 bits per heavy atom. The van der Waals surface area contributed by atoms with E-state index in [-0.39, 0.29) is 5.91 Å². The van der Waals surface area contributed by atoms with Gasteiger partial charge in [0, 0.05) is 11.1 Å². The highest BCUT2D eigenvalue weighted by molar-refractivity contribution is 5.95. The zero-order valence-electron chi connectivity index (χ0n) is 12.6. The van der Waals surface area contributed by atoms with Crippen LogP contribution in [0.15, 0.2) is 42.6 Å². The number of carbonyl (C=O) groups is 1. The number of H-pyrrole nitrogens is 2. The van der Waals surface area contributed by atoms with Crippen molar-refractivity contribution < 1.29 is 4.79 Å². The van der Waals surface area contributed by atoms with Crippen LogP contribution in [-0.2, 0) is 11.2 Å². The molecule has 2 aromatic heterocycles. The Balaban J connectivity index is 1.51. The van der Waals surface area contributed by atoms with Gasteiger partial charge in [-0.15, -0.1) is 0 Å². The third-order valence-corrected chi connectivity index (χ3v) is 3.76. The van der Waals surface area contributed by atoms with Gasteiger partial charge in [0.05, 0.1) is 29.2 Å². The molecule has 4 aromatic rings. The normalized spacial score (nSPS) is 11.2.